The highest BCUT2D eigenvalue weighted by atomic mass is 32.1. The molecule has 0 aliphatic heterocycles. The van der Waals surface area contributed by atoms with Crippen LogP contribution in [0.4, 0.5) is 28.9 Å². The van der Waals surface area contributed by atoms with E-state index in [1.165, 1.54) is 54.0 Å². The summed E-state index contributed by atoms with van der Waals surface area (Å²) in [5.74, 6) is -1.93. The number of hydrogen-bond donors (Lipinski definition) is 2. The van der Waals surface area contributed by atoms with Gasteiger partial charge in [0.2, 0.25) is 5.91 Å². The zero-order valence-corrected chi connectivity index (χ0v) is 18.0. The first-order chi connectivity index (χ1) is 16.2. The fraction of sp³-hybridized carbons (Fsp3) is 0.0870. The molecule has 174 valence electrons. The van der Waals surface area contributed by atoms with Gasteiger partial charge in [-0.05, 0) is 42.5 Å². The summed E-state index contributed by atoms with van der Waals surface area (Å²) in [5, 5.41) is 6.63. The van der Waals surface area contributed by atoms with Gasteiger partial charge in [0.05, 0.1) is 29.6 Å². The third-order valence-electron chi connectivity index (χ3n) is 4.57. The number of hydrogen-bond acceptors (Lipinski definition) is 5. The normalized spacial score (nSPS) is 11.3. The van der Waals surface area contributed by atoms with Crippen LogP contribution in [0.1, 0.15) is 21.8 Å². The Balaban J connectivity index is 1.48. The number of benzene rings is 2. The van der Waals surface area contributed by atoms with Crippen LogP contribution in [0, 0.1) is 5.82 Å². The van der Waals surface area contributed by atoms with Crippen LogP contribution >= 0.6 is 11.3 Å². The number of carbonyl (C=O) groups excluding carboxylic acids is 2. The van der Waals surface area contributed by atoms with Crippen LogP contribution in [0.3, 0.4) is 0 Å². The fourth-order valence-electron chi connectivity index (χ4n) is 3.07. The number of thiazole rings is 1. The monoisotopic (exact) mass is 489 g/mol. The molecular formula is C23H15F4N3O3S. The van der Waals surface area contributed by atoms with Gasteiger partial charge in [0.1, 0.15) is 10.8 Å². The van der Waals surface area contributed by atoms with Gasteiger partial charge in [-0.3, -0.25) is 9.59 Å². The minimum Gasteiger partial charge on any atom is -0.459 e. The summed E-state index contributed by atoms with van der Waals surface area (Å²) in [4.78, 5) is 28.7. The van der Waals surface area contributed by atoms with Crippen molar-refractivity contribution in [1.29, 1.82) is 0 Å². The Bertz CT molecular complexity index is 1330. The van der Waals surface area contributed by atoms with Gasteiger partial charge in [0, 0.05) is 16.6 Å². The fourth-order valence-corrected chi connectivity index (χ4v) is 3.88. The molecule has 2 N–H and O–H groups in total. The second kappa shape index (κ2) is 9.48. The van der Waals surface area contributed by atoms with Crippen molar-refractivity contribution in [3.8, 4) is 10.6 Å². The van der Waals surface area contributed by atoms with E-state index in [0.29, 0.717) is 16.3 Å². The number of amides is 2. The van der Waals surface area contributed by atoms with Crippen LogP contribution < -0.4 is 10.6 Å². The molecule has 2 amide bonds. The Labute approximate surface area is 194 Å². The van der Waals surface area contributed by atoms with Crippen molar-refractivity contribution in [3.05, 3.63) is 89.1 Å². The van der Waals surface area contributed by atoms with Gasteiger partial charge in [0.25, 0.3) is 5.91 Å². The Kier molecular flexibility index (Phi) is 6.46. The third kappa shape index (κ3) is 5.49. The maximum atomic E-state index is 13.6. The molecule has 0 bridgehead atoms. The molecule has 0 aliphatic carbocycles. The summed E-state index contributed by atoms with van der Waals surface area (Å²) >= 11 is 1.19. The van der Waals surface area contributed by atoms with Crippen molar-refractivity contribution in [2.45, 2.75) is 12.6 Å². The topological polar surface area (TPSA) is 84.2 Å². The maximum Gasteiger partial charge on any atom is 0.418 e. The number of nitrogens with zero attached hydrogens (tertiary/aromatic N) is 1. The molecule has 4 aromatic rings. The molecule has 4 rings (SSSR count). The molecule has 0 aliphatic rings. The average Bonchev–Trinajstić information content (AvgIpc) is 3.46. The lowest BCUT2D eigenvalue weighted by molar-refractivity contribution is -0.136. The van der Waals surface area contributed by atoms with Crippen LogP contribution in [-0.4, -0.2) is 16.8 Å². The highest BCUT2D eigenvalue weighted by molar-refractivity contribution is 7.13. The predicted molar refractivity (Wildman–Crippen MR) is 118 cm³/mol. The van der Waals surface area contributed by atoms with E-state index in [1.54, 1.807) is 11.4 Å². The van der Waals surface area contributed by atoms with E-state index in [-0.39, 0.29) is 17.9 Å². The molecule has 0 spiro atoms. The summed E-state index contributed by atoms with van der Waals surface area (Å²) in [7, 11) is 0. The van der Waals surface area contributed by atoms with Gasteiger partial charge in [-0.2, -0.15) is 13.2 Å². The molecule has 34 heavy (non-hydrogen) atoms. The van der Waals surface area contributed by atoms with Crippen molar-refractivity contribution in [3.63, 3.8) is 0 Å². The SMILES string of the molecule is O=C(Cc1csc(-c2cccc(F)c2)n1)Nc1ccc(NC(=O)c2ccco2)cc1C(F)(F)F. The highest BCUT2D eigenvalue weighted by Crippen LogP contribution is 2.37. The molecule has 0 unspecified atom stereocenters. The lowest BCUT2D eigenvalue weighted by Crippen LogP contribution is -2.19. The predicted octanol–water partition coefficient (Wildman–Crippen LogP) is 5.99. The van der Waals surface area contributed by atoms with Crippen molar-refractivity contribution in [2.24, 2.45) is 0 Å². The summed E-state index contributed by atoms with van der Waals surface area (Å²) in [5.41, 5.74) is -0.849. The number of rotatable bonds is 6. The summed E-state index contributed by atoms with van der Waals surface area (Å²) in [6.45, 7) is 0. The molecule has 0 saturated carbocycles. The quantitative estimate of drug-likeness (QED) is 0.326. The number of aromatic nitrogens is 1. The molecule has 11 heteroatoms. The first-order valence-corrected chi connectivity index (χ1v) is 10.6. The number of carbonyl (C=O) groups is 2. The molecular weight excluding hydrogens is 474 g/mol. The molecule has 0 radical (unpaired) electrons. The van der Waals surface area contributed by atoms with Crippen LogP contribution in [-0.2, 0) is 17.4 Å². The van der Waals surface area contributed by atoms with Crippen LogP contribution in [0.5, 0.6) is 0 Å². The molecule has 0 atom stereocenters. The minimum absolute atomic E-state index is 0.0631. The highest BCUT2D eigenvalue weighted by Gasteiger charge is 2.34. The number of furan rings is 1. The van der Waals surface area contributed by atoms with Crippen LogP contribution in [0.2, 0.25) is 0 Å². The largest absolute Gasteiger partial charge is 0.459 e. The zero-order valence-electron chi connectivity index (χ0n) is 17.2. The lowest BCUT2D eigenvalue weighted by Gasteiger charge is -2.15. The van der Waals surface area contributed by atoms with E-state index in [0.717, 1.165) is 12.1 Å². The molecule has 6 nitrogen and oxygen atoms in total. The number of nitrogens with one attached hydrogen (secondary N) is 2. The zero-order chi connectivity index (χ0) is 24.3. The Hall–Kier alpha value is -3.99. The smallest absolute Gasteiger partial charge is 0.418 e. The van der Waals surface area contributed by atoms with Crippen molar-refractivity contribution < 1.29 is 31.6 Å². The van der Waals surface area contributed by atoms with Gasteiger partial charge >= 0.3 is 6.18 Å². The van der Waals surface area contributed by atoms with Gasteiger partial charge in [0.15, 0.2) is 5.76 Å². The Morgan fingerprint density at radius 1 is 1.03 bits per heavy atom. The van der Waals surface area contributed by atoms with Crippen LogP contribution in [0.15, 0.2) is 70.7 Å². The van der Waals surface area contributed by atoms with Crippen molar-refractivity contribution in [2.75, 3.05) is 10.6 Å². The molecule has 0 saturated heterocycles. The summed E-state index contributed by atoms with van der Waals surface area (Å²) in [6.07, 6.45) is -3.81. The summed E-state index contributed by atoms with van der Waals surface area (Å²) in [6, 6.07) is 11.6. The van der Waals surface area contributed by atoms with E-state index in [1.807, 2.05) is 0 Å². The van der Waals surface area contributed by atoms with E-state index < -0.39 is 35.1 Å². The standard InChI is InChI=1S/C23H15F4N3O3S/c24-14-4-1-3-13(9-14)22-29-16(12-34-22)11-20(31)30-18-7-6-15(10-17(18)23(25,26)27)28-21(32)19-5-2-8-33-19/h1-10,12H,11H2,(H,28,32)(H,30,31). The van der Waals surface area contributed by atoms with E-state index in [9.17, 15) is 27.2 Å². The number of alkyl halides is 3. The Morgan fingerprint density at radius 3 is 2.56 bits per heavy atom. The molecule has 2 heterocycles. The van der Waals surface area contributed by atoms with E-state index >= 15 is 0 Å². The number of anilines is 2. The first-order valence-electron chi connectivity index (χ1n) is 9.75. The second-order valence-electron chi connectivity index (χ2n) is 7.07. The van der Waals surface area contributed by atoms with Gasteiger partial charge < -0.3 is 15.1 Å². The Morgan fingerprint density at radius 2 is 1.85 bits per heavy atom. The molecule has 2 aromatic carbocycles. The summed E-state index contributed by atoms with van der Waals surface area (Å²) < 4.78 is 59.2. The molecule has 2 aromatic heterocycles. The average molecular weight is 489 g/mol. The number of halogens is 4. The maximum absolute atomic E-state index is 13.6. The van der Waals surface area contributed by atoms with Crippen LogP contribution in [0.25, 0.3) is 10.6 Å². The van der Waals surface area contributed by atoms with E-state index in [4.69, 9.17) is 4.42 Å². The van der Waals surface area contributed by atoms with Crippen molar-refractivity contribution >= 4 is 34.5 Å². The molecule has 0 fully saturated rings. The van der Waals surface area contributed by atoms with Gasteiger partial charge in [-0.1, -0.05) is 12.1 Å². The minimum atomic E-state index is -4.79. The van der Waals surface area contributed by atoms with E-state index in [2.05, 4.69) is 15.6 Å². The first kappa shape index (κ1) is 23.2. The lowest BCUT2D eigenvalue weighted by atomic mass is 10.1. The third-order valence-corrected chi connectivity index (χ3v) is 5.51. The second-order valence-corrected chi connectivity index (χ2v) is 7.93. The van der Waals surface area contributed by atoms with Gasteiger partial charge in [-0.15, -0.1) is 11.3 Å². The van der Waals surface area contributed by atoms with Crippen molar-refractivity contribution in [1.82, 2.24) is 4.98 Å². The van der Waals surface area contributed by atoms with Gasteiger partial charge in [-0.25, -0.2) is 9.37 Å².